The van der Waals surface area contributed by atoms with Crippen molar-refractivity contribution in [3.8, 4) is 0 Å². The van der Waals surface area contributed by atoms with Crippen molar-refractivity contribution in [3.05, 3.63) is 95.1 Å². The molecule has 0 saturated carbocycles. The van der Waals surface area contributed by atoms with Crippen molar-refractivity contribution in [1.82, 2.24) is 20.6 Å². The summed E-state index contributed by atoms with van der Waals surface area (Å²) in [6, 6.07) is 11.6. The van der Waals surface area contributed by atoms with Crippen LogP contribution >= 0.6 is 12.2 Å². The standard InChI is InChI=1S/C25H24F2N4O3S/c1-15-11-29-21(12-28-15)22-9-17(13-32)25(14-34-22,19-8-7-18(26)10-20(19)27)31-24(35)30-23(33)16-5-3-2-4-6-16/h2-8,10-12,17,22,32H,9,13-14H2,1H3,(H2,30,31,33,35)/t17-,22+,25-/m0/s1. The fraction of sp³-hybridized carbons (Fsp3) is 0.280. The highest BCUT2D eigenvalue weighted by molar-refractivity contribution is 7.80. The number of hydrogen-bond donors (Lipinski definition) is 3. The van der Waals surface area contributed by atoms with Crippen molar-refractivity contribution in [2.75, 3.05) is 13.2 Å². The summed E-state index contributed by atoms with van der Waals surface area (Å²) in [7, 11) is 0. The van der Waals surface area contributed by atoms with Crippen molar-refractivity contribution < 1.29 is 23.4 Å². The van der Waals surface area contributed by atoms with Gasteiger partial charge in [0.1, 0.15) is 17.7 Å². The Kier molecular flexibility index (Phi) is 7.44. The number of rotatable bonds is 5. The lowest BCUT2D eigenvalue weighted by Gasteiger charge is -2.47. The number of aliphatic hydroxyl groups excluding tert-OH is 1. The van der Waals surface area contributed by atoms with Crippen LogP contribution in [-0.4, -0.2) is 39.3 Å². The molecule has 0 radical (unpaired) electrons. The maximum Gasteiger partial charge on any atom is 0.257 e. The van der Waals surface area contributed by atoms with E-state index >= 15 is 4.39 Å². The topological polar surface area (TPSA) is 96.4 Å². The molecule has 35 heavy (non-hydrogen) atoms. The number of aliphatic hydroxyl groups is 1. The SMILES string of the molecule is Cc1cnc([C@H]2C[C@@H](CO)[C@](NC(=S)NC(=O)c3ccccc3)(c3ccc(F)cc3F)CO2)cn1. The molecule has 0 aliphatic carbocycles. The van der Waals surface area contributed by atoms with E-state index in [0.717, 1.165) is 17.8 Å². The summed E-state index contributed by atoms with van der Waals surface area (Å²) in [6.07, 6.45) is 2.94. The molecule has 3 atom stereocenters. The molecule has 182 valence electrons. The molecule has 1 saturated heterocycles. The highest BCUT2D eigenvalue weighted by atomic mass is 32.1. The Morgan fingerprint density at radius 2 is 1.97 bits per heavy atom. The minimum Gasteiger partial charge on any atom is -0.396 e. The molecule has 1 aliphatic heterocycles. The third-order valence-corrected chi connectivity index (χ3v) is 6.27. The molecule has 0 unspecified atom stereocenters. The van der Waals surface area contributed by atoms with E-state index in [9.17, 15) is 14.3 Å². The van der Waals surface area contributed by atoms with Gasteiger partial charge in [0, 0.05) is 35.9 Å². The van der Waals surface area contributed by atoms with Crippen LogP contribution in [0.1, 0.15) is 39.8 Å². The van der Waals surface area contributed by atoms with Gasteiger partial charge in [-0.05, 0) is 43.8 Å². The van der Waals surface area contributed by atoms with Crippen LogP contribution in [0.3, 0.4) is 0 Å². The molecule has 4 rings (SSSR count). The molecular weight excluding hydrogens is 474 g/mol. The molecule has 3 N–H and O–H groups in total. The highest BCUT2D eigenvalue weighted by Crippen LogP contribution is 2.43. The fourth-order valence-corrected chi connectivity index (χ4v) is 4.51. The number of carbonyl (C=O) groups is 1. The van der Waals surface area contributed by atoms with Crippen LogP contribution in [0.5, 0.6) is 0 Å². The Morgan fingerprint density at radius 3 is 2.63 bits per heavy atom. The predicted octanol–water partition coefficient (Wildman–Crippen LogP) is 3.33. The van der Waals surface area contributed by atoms with Crippen LogP contribution in [0.25, 0.3) is 0 Å². The number of hydrogen-bond acceptors (Lipinski definition) is 6. The summed E-state index contributed by atoms with van der Waals surface area (Å²) < 4.78 is 34.9. The Hall–Kier alpha value is -3.34. The number of amides is 1. The summed E-state index contributed by atoms with van der Waals surface area (Å²) >= 11 is 5.39. The van der Waals surface area contributed by atoms with Crippen molar-refractivity contribution in [2.24, 2.45) is 5.92 Å². The largest absolute Gasteiger partial charge is 0.396 e. The van der Waals surface area contributed by atoms with E-state index in [2.05, 4.69) is 20.6 Å². The third kappa shape index (κ3) is 5.34. The molecule has 1 amide bonds. The van der Waals surface area contributed by atoms with Crippen molar-refractivity contribution in [1.29, 1.82) is 0 Å². The first kappa shape index (κ1) is 24.8. The lowest BCUT2D eigenvalue weighted by molar-refractivity contribution is -0.0871. The van der Waals surface area contributed by atoms with Gasteiger partial charge in [0.15, 0.2) is 5.11 Å². The van der Waals surface area contributed by atoms with Crippen LogP contribution in [0.15, 0.2) is 60.9 Å². The van der Waals surface area contributed by atoms with Gasteiger partial charge in [-0.1, -0.05) is 24.3 Å². The molecule has 2 heterocycles. The van der Waals surface area contributed by atoms with E-state index in [1.807, 2.05) is 6.92 Å². The summed E-state index contributed by atoms with van der Waals surface area (Å²) in [4.78, 5) is 21.2. The van der Waals surface area contributed by atoms with E-state index < -0.39 is 35.1 Å². The Morgan fingerprint density at radius 1 is 1.20 bits per heavy atom. The zero-order valence-corrected chi connectivity index (χ0v) is 19.7. The molecule has 1 fully saturated rings. The minimum atomic E-state index is -1.39. The van der Waals surface area contributed by atoms with Crippen LogP contribution in [-0.2, 0) is 10.3 Å². The van der Waals surface area contributed by atoms with Gasteiger partial charge in [0.2, 0.25) is 0 Å². The lowest BCUT2D eigenvalue weighted by Crippen LogP contribution is -2.60. The maximum atomic E-state index is 15.1. The molecule has 1 aromatic heterocycles. The summed E-state index contributed by atoms with van der Waals surface area (Å²) in [6.45, 7) is 1.31. The predicted molar refractivity (Wildman–Crippen MR) is 128 cm³/mol. The number of nitrogens with zero attached hydrogens (tertiary/aromatic N) is 2. The number of ether oxygens (including phenoxy) is 1. The molecule has 2 aromatic carbocycles. The van der Waals surface area contributed by atoms with E-state index in [4.69, 9.17) is 17.0 Å². The second-order valence-corrected chi connectivity index (χ2v) is 8.78. The van der Waals surface area contributed by atoms with Crippen molar-refractivity contribution in [3.63, 3.8) is 0 Å². The van der Waals surface area contributed by atoms with Crippen LogP contribution in [0.4, 0.5) is 8.78 Å². The Balaban J connectivity index is 1.65. The first-order chi connectivity index (χ1) is 16.8. The molecule has 0 bridgehead atoms. The minimum absolute atomic E-state index is 0.0581. The molecule has 7 nitrogen and oxygen atoms in total. The summed E-state index contributed by atoms with van der Waals surface area (Å²) in [5, 5.41) is 15.9. The maximum absolute atomic E-state index is 15.1. The number of carbonyl (C=O) groups excluding carboxylic acids is 1. The van der Waals surface area contributed by atoms with Gasteiger partial charge >= 0.3 is 0 Å². The highest BCUT2D eigenvalue weighted by Gasteiger charge is 2.48. The van der Waals surface area contributed by atoms with E-state index in [0.29, 0.717) is 11.3 Å². The van der Waals surface area contributed by atoms with Crippen molar-refractivity contribution >= 4 is 23.2 Å². The summed E-state index contributed by atoms with van der Waals surface area (Å²) in [5.41, 5.74) is 0.370. The normalized spacial score (nSPS) is 21.8. The van der Waals surface area contributed by atoms with Gasteiger partial charge in [-0.3, -0.25) is 20.1 Å². The molecule has 3 aromatic rings. The Labute approximate surface area is 206 Å². The average molecular weight is 499 g/mol. The van der Waals surface area contributed by atoms with Crippen LogP contribution < -0.4 is 10.6 Å². The molecular formula is C25H24F2N4O3S. The number of aromatic nitrogens is 2. The number of nitrogens with one attached hydrogen (secondary N) is 2. The van der Waals surface area contributed by atoms with E-state index in [1.54, 1.807) is 42.7 Å². The second-order valence-electron chi connectivity index (χ2n) is 8.37. The Bertz CT molecular complexity index is 1210. The second kappa shape index (κ2) is 10.5. The summed E-state index contributed by atoms with van der Waals surface area (Å²) in [5.74, 6) is -2.66. The zero-order chi connectivity index (χ0) is 25.0. The van der Waals surface area contributed by atoms with Crippen molar-refractivity contribution in [2.45, 2.75) is 25.0 Å². The van der Waals surface area contributed by atoms with Gasteiger partial charge in [0.05, 0.1) is 29.7 Å². The number of benzene rings is 2. The number of thiocarbonyl (C=S) groups is 1. The van der Waals surface area contributed by atoms with Gasteiger partial charge in [-0.15, -0.1) is 0 Å². The van der Waals surface area contributed by atoms with E-state index in [1.165, 1.54) is 6.07 Å². The molecule has 10 heteroatoms. The third-order valence-electron chi connectivity index (χ3n) is 6.07. The number of halogens is 2. The van der Waals surface area contributed by atoms with E-state index in [-0.39, 0.29) is 30.3 Å². The lowest BCUT2D eigenvalue weighted by atomic mass is 9.73. The monoisotopic (exact) mass is 498 g/mol. The first-order valence-corrected chi connectivity index (χ1v) is 11.4. The van der Waals surface area contributed by atoms with Gasteiger partial charge in [-0.2, -0.15) is 0 Å². The van der Waals surface area contributed by atoms with Gasteiger partial charge in [0.25, 0.3) is 5.91 Å². The quantitative estimate of drug-likeness (QED) is 0.465. The van der Waals surface area contributed by atoms with Gasteiger partial charge in [-0.25, -0.2) is 8.78 Å². The average Bonchev–Trinajstić information content (AvgIpc) is 2.85. The molecule has 0 spiro atoms. The van der Waals surface area contributed by atoms with Crippen LogP contribution in [0, 0.1) is 24.5 Å². The smallest absolute Gasteiger partial charge is 0.257 e. The fourth-order valence-electron chi connectivity index (χ4n) is 4.24. The number of aryl methyl sites for hydroxylation is 1. The first-order valence-electron chi connectivity index (χ1n) is 11.0. The van der Waals surface area contributed by atoms with Crippen LogP contribution in [0.2, 0.25) is 0 Å². The molecule has 1 aliphatic rings. The van der Waals surface area contributed by atoms with Gasteiger partial charge < -0.3 is 15.2 Å². The zero-order valence-electron chi connectivity index (χ0n) is 18.9.